The van der Waals surface area contributed by atoms with Gasteiger partial charge in [-0.1, -0.05) is 12.1 Å². The normalized spacial score (nSPS) is 14.0. The lowest BCUT2D eigenvalue weighted by molar-refractivity contribution is 0.102. The number of para-hydroxylation sites is 2. The molecule has 0 unspecified atom stereocenters. The molecule has 3 rings (SSSR count). The second-order valence-corrected chi connectivity index (χ2v) is 6.85. The van der Waals surface area contributed by atoms with Crippen molar-refractivity contribution in [2.45, 2.75) is 6.92 Å². The van der Waals surface area contributed by atoms with E-state index in [4.69, 9.17) is 14.2 Å². The lowest BCUT2D eigenvalue weighted by atomic mass is 10.1. The standard InChI is InChI=1S/C20H23BrN2O4/c1-3-27-19-15(21)12-14(13-18(19)25-2)20(24)22-16-6-4-5-7-17(16)23-8-10-26-11-9-23/h4-7,12-13H,3,8-11H2,1-2H3,(H,22,24). The van der Waals surface area contributed by atoms with E-state index in [0.29, 0.717) is 41.4 Å². The summed E-state index contributed by atoms with van der Waals surface area (Å²) in [5, 5.41) is 3.02. The molecule has 1 fully saturated rings. The number of benzene rings is 2. The van der Waals surface area contributed by atoms with Gasteiger partial charge in [0.1, 0.15) is 0 Å². The molecule has 27 heavy (non-hydrogen) atoms. The molecule has 1 amide bonds. The Morgan fingerprint density at radius 1 is 1.26 bits per heavy atom. The summed E-state index contributed by atoms with van der Waals surface area (Å²) in [7, 11) is 1.56. The predicted octanol–water partition coefficient (Wildman–Crippen LogP) is 3.95. The van der Waals surface area contributed by atoms with Crippen molar-refractivity contribution in [1.29, 1.82) is 0 Å². The predicted molar refractivity (Wildman–Crippen MR) is 109 cm³/mol. The second-order valence-electron chi connectivity index (χ2n) is 5.99. The third-order valence-electron chi connectivity index (χ3n) is 4.28. The summed E-state index contributed by atoms with van der Waals surface area (Å²) in [6, 6.07) is 11.2. The Balaban J connectivity index is 1.85. The van der Waals surface area contributed by atoms with E-state index < -0.39 is 0 Å². The van der Waals surface area contributed by atoms with Crippen LogP contribution < -0.4 is 19.7 Å². The number of methoxy groups -OCH3 is 1. The van der Waals surface area contributed by atoms with Crippen LogP contribution in [0.1, 0.15) is 17.3 Å². The number of nitrogens with zero attached hydrogens (tertiary/aromatic N) is 1. The van der Waals surface area contributed by atoms with Crippen molar-refractivity contribution < 1.29 is 19.0 Å². The molecule has 0 saturated carbocycles. The molecule has 0 bridgehead atoms. The molecule has 2 aromatic rings. The smallest absolute Gasteiger partial charge is 0.255 e. The number of carbonyl (C=O) groups excluding carboxylic acids is 1. The van der Waals surface area contributed by atoms with Crippen LogP contribution in [0.3, 0.4) is 0 Å². The van der Waals surface area contributed by atoms with Crippen LogP contribution in [0.4, 0.5) is 11.4 Å². The van der Waals surface area contributed by atoms with Gasteiger partial charge < -0.3 is 24.4 Å². The fourth-order valence-electron chi connectivity index (χ4n) is 2.99. The fourth-order valence-corrected chi connectivity index (χ4v) is 3.55. The Morgan fingerprint density at radius 2 is 2.00 bits per heavy atom. The number of nitrogens with one attached hydrogen (secondary N) is 1. The number of morpholine rings is 1. The topological polar surface area (TPSA) is 60.0 Å². The lowest BCUT2D eigenvalue weighted by Crippen LogP contribution is -2.36. The molecule has 1 heterocycles. The van der Waals surface area contributed by atoms with Gasteiger partial charge in [0.05, 0.1) is 42.8 Å². The number of hydrogen-bond acceptors (Lipinski definition) is 5. The molecule has 1 saturated heterocycles. The van der Waals surface area contributed by atoms with Gasteiger partial charge >= 0.3 is 0 Å². The van der Waals surface area contributed by atoms with Crippen LogP contribution in [0.15, 0.2) is 40.9 Å². The molecular formula is C20H23BrN2O4. The van der Waals surface area contributed by atoms with Crippen LogP contribution in [-0.4, -0.2) is 45.9 Å². The Morgan fingerprint density at radius 3 is 2.70 bits per heavy atom. The third-order valence-corrected chi connectivity index (χ3v) is 4.87. The molecule has 7 heteroatoms. The second kappa shape index (κ2) is 9.10. The summed E-state index contributed by atoms with van der Waals surface area (Å²) in [4.78, 5) is 15.1. The minimum Gasteiger partial charge on any atom is -0.493 e. The SMILES string of the molecule is CCOc1c(Br)cc(C(=O)Nc2ccccc2N2CCOCC2)cc1OC. The Hall–Kier alpha value is -2.25. The Labute approximate surface area is 167 Å². The first-order valence-corrected chi connectivity index (χ1v) is 9.66. The van der Waals surface area contributed by atoms with Crippen LogP contribution >= 0.6 is 15.9 Å². The number of anilines is 2. The van der Waals surface area contributed by atoms with Gasteiger partial charge in [0, 0.05) is 18.7 Å². The molecule has 1 N–H and O–H groups in total. The van der Waals surface area contributed by atoms with Gasteiger partial charge in [0.15, 0.2) is 11.5 Å². The highest BCUT2D eigenvalue weighted by atomic mass is 79.9. The monoisotopic (exact) mass is 434 g/mol. The number of amides is 1. The highest BCUT2D eigenvalue weighted by Crippen LogP contribution is 2.37. The van der Waals surface area contributed by atoms with Gasteiger partial charge in [-0.25, -0.2) is 0 Å². The van der Waals surface area contributed by atoms with Crippen LogP contribution in [0.25, 0.3) is 0 Å². The molecule has 2 aromatic carbocycles. The zero-order valence-electron chi connectivity index (χ0n) is 15.5. The van der Waals surface area contributed by atoms with Crippen molar-refractivity contribution in [2.75, 3.05) is 50.2 Å². The summed E-state index contributed by atoms with van der Waals surface area (Å²) in [5.74, 6) is 0.890. The van der Waals surface area contributed by atoms with E-state index in [0.717, 1.165) is 24.5 Å². The van der Waals surface area contributed by atoms with Crippen molar-refractivity contribution in [3.05, 3.63) is 46.4 Å². The number of halogens is 1. The highest BCUT2D eigenvalue weighted by Gasteiger charge is 2.19. The summed E-state index contributed by atoms with van der Waals surface area (Å²) in [6.07, 6.45) is 0. The number of rotatable bonds is 6. The average Bonchev–Trinajstić information content (AvgIpc) is 2.70. The maximum absolute atomic E-state index is 12.9. The third kappa shape index (κ3) is 4.54. The number of carbonyl (C=O) groups is 1. The van der Waals surface area contributed by atoms with Gasteiger partial charge in [-0.05, 0) is 47.1 Å². The molecule has 6 nitrogen and oxygen atoms in total. The first-order valence-electron chi connectivity index (χ1n) is 8.87. The minimum atomic E-state index is -0.210. The average molecular weight is 435 g/mol. The van der Waals surface area contributed by atoms with E-state index in [1.54, 1.807) is 19.2 Å². The maximum atomic E-state index is 12.9. The van der Waals surface area contributed by atoms with E-state index in [2.05, 4.69) is 26.1 Å². The first kappa shape index (κ1) is 19.5. The van der Waals surface area contributed by atoms with Crippen molar-refractivity contribution in [3.63, 3.8) is 0 Å². The molecule has 144 valence electrons. The van der Waals surface area contributed by atoms with E-state index >= 15 is 0 Å². The van der Waals surface area contributed by atoms with Crippen LogP contribution in [0.5, 0.6) is 11.5 Å². The van der Waals surface area contributed by atoms with E-state index in [1.807, 2.05) is 31.2 Å². The number of ether oxygens (including phenoxy) is 3. The van der Waals surface area contributed by atoms with E-state index in [1.165, 1.54) is 0 Å². The Kier molecular flexibility index (Phi) is 6.58. The van der Waals surface area contributed by atoms with E-state index in [9.17, 15) is 4.79 Å². The van der Waals surface area contributed by atoms with Crippen LogP contribution in [0.2, 0.25) is 0 Å². The summed E-state index contributed by atoms with van der Waals surface area (Å²) in [5.41, 5.74) is 2.25. The zero-order valence-corrected chi connectivity index (χ0v) is 17.0. The lowest BCUT2D eigenvalue weighted by Gasteiger charge is -2.30. The molecular weight excluding hydrogens is 412 g/mol. The van der Waals surface area contributed by atoms with Gasteiger partial charge in [-0.15, -0.1) is 0 Å². The molecule has 0 radical (unpaired) electrons. The summed E-state index contributed by atoms with van der Waals surface area (Å²) >= 11 is 3.46. The molecule has 0 spiro atoms. The number of hydrogen-bond donors (Lipinski definition) is 1. The summed E-state index contributed by atoms with van der Waals surface area (Å²) < 4.78 is 17.1. The molecule has 1 aliphatic heterocycles. The van der Waals surface area contributed by atoms with Crippen LogP contribution in [-0.2, 0) is 4.74 Å². The minimum absolute atomic E-state index is 0.210. The molecule has 1 aliphatic rings. The van der Waals surface area contributed by atoms with Crippen molar-refractivity contribution in [1.82, 2.24) is 0 Å². The maximum Gasteiger partial charge on any atom is 0.255 e. The van der Waals surface area contributed by atoms with Crippen molar-refractivity contribution in [2.24, 2.45) is 0 Å². The zero-order chi connectivity index (χ0) is 19.2. The van der Waals surface area contributed by atoms with Gasteiger partial charge in [-0.3, -0.25) is 4.79 Å². The molecule has 0 aromatic heterocycles. The van der Waals surface area contributed by atoms with Crippen molar-refractivity contribution >= 4 is 33.2 Å². The van der Waals surface area contributed by atoms with Gasteiger partial charge in [0.25, 0.3) is 5.91 Å². The summed E-state index contributed by atoms with van der Waals surface area (Å²) in [6.45, 7) is 5.38. The molecule has 0 atom stereocenters. The quantitative estimate of drug-likeness (QED) is 0.745. The fraction of sp³-hybridized carbons (Fsp3) is 0.350. The van der Waals surface area contributed by atoms with E-state index in [-0.39, 0.29) is 5.91 Å². The van der Waals surface area contributed by atoms with Gasteiger partial charge in [-0.2, -0.15) is 0 Å². The largest absolute Gasteiger partial charge is 0.493 e. The van der Waals surface area contributed by atoms with Gasteiger partial charge in [0.2, 0.25) is 0 Å². The van der Waals surface area contributed by atoms with Crippen molar-refractivity contribution in [3.8, 4) is 11.5 Å². The molecule has 0 aliphatic carbocycles. The highest BCUT2D eigenvalue weighted by molar-refractivity contribution is 9.10. The van der Waals surface area contributed by atoms with Crippen LogP contribution in [0, 0.1) is 0 Å². The Bertz CT molecular complexity index is 807. The first-order chi connectivity index (χ1) is 13.1.